The predicted octanol–water partition coefficient (Wildman–Crippen LogP) is 3.18. The van der Waals surface area contributed by atoms with Crippen LogP contribution < -0.4 is 10.6 Å². The number of benzene rings is 1. The summed E-state index contributed by atoms with van der Waals surface area (Å²) in [6.45, 7) is 2.04. The molecule has 8 heteroatoms. The van der Waals surface area contributed by atoms with E-state index < -0.39 is 0 Å². The van der Waals surface area contributed by atoms with E-state index in [0.29, 0.717) is 29.4 Å². The van der Waals surface area contributed by atoms with Crippen molar-refractivity contribution in [1.82, 2.24) is 20.2 Å². The molecule has 0 unspecified atom stereocenters. The van der Waals surface area contributed by atoms with Crippen molar-refractivity contribution >= 4 is 23.2 Å². The number of amides is 2. The Hall–Kier alpha value is -3.55. The Labute approximate surface area is 162 Å². The summed E-state index contributed by atoms with van der Waals surface area (Å²) in [4.78, 5) is 32.3. The Morgan fingerprint density at radius 3 is 2.39 bits per heavy atom. The third-order valence-electron chi connectivity index (χ3n) is 3.99. The maximum absolute atomic E-state index is 12.2. The van der Waals surface area contributed by atoms with Gasteiger partial charge in [-0.15, -0.1) is 0 Å². The van der Waals surface area contributed by atoms with Crippen molar-refractivity contribution in [3.05, 3.63) is 54.6 Å². The Morgan fingerprint density at radius 1 is 1.04 bits per heavy atom. The Balaban J connectivity index is 1.52. The van der Waals surface area contributed by atoms with Gasteiger partial charge in [-0.25, -0.2) is 4.98 Å². The van der Waals surface area contributed by atoms with Crippen LogP contribution in [0.4, 0.5) is 11.4 Å². The van der Waals surface area contributed by atoms with E-state index in [-0.39, 0.29) is 18.2 Å². The molecule has 2 amide bonds. The highest BCUT2D eigenvalue weighted by Crippen LogP contribution is 2.15. The van der Waals surface area contributed by atoms with Crippen molar-refractivity contribution in [2.75, 3.05) is 10.6 Å². The average Bonchev–Trinajstić information content (AvgIpc) is 3.17. The van der Waals surface area contributed by atoms with E-state index >= 15 is 0 Å². The van der Waals surface area contributed by atoms with Crippen LogP contribution in [0.3, 0.4) is 0 Å². The number of hydrogen-bond donors (Lipinski definition) is 3. The van der Waals surface area contributed by atoms with Crippen LogP contribution in [0.25, 0.3) is 11.4 Å². The molecule has 0 aliphatic carbocycles. The molecule has 8 nitrogen and oxygen atoms in total. The number of nitrogens with zero attached hydrogens (tertiary/aromatic N) is 3. The number of carbonyl (C=O) groups is 2. The summed E-state index contributed by atoms with van der Waals surface area (Å²) in [5.41, 5.74) is 2.13. The van der Waals surface area contributed by atoms with E-state index in [4.69, 9.17) is 0 Å². The molecule has 2 heterocycles. The van der Waals surface area contributed by atoms with Gasteiger partial charge in [-0.05, 0) is 42.8 Å². The number of hydrogen-bond acceptors (Lipinski definition) is 5. The van der Waals surface area contributed by atoms with Gasteiger partial charge in [0.05, 0.1) is 6.42 Å². The summed E-state index contributed by atoms with van der Waals surface area (Å²) >= 11 is 0. The third kappa shape index (κ3) is 5.47. The minimum atomic E-state index is -0.214. The molecule has 0 bridgehead atoms. The molecule has 0 radical (unpaired) electrons. The first-order valence-electron chi connectivity index (χ1n) is 9.15. The van der Waals surface area contributed by atoms with E-state index in [1.54, 1.807) is 42.7 Å². The lowest BCUT2D eigenvalue weighted by molar-refractivity contribution is -0.116. The molecule has 0 aliphatic rings. The molecule has 0 spiro atoms. The summed E-state index contributed by atoms with van der Waals surface area (Å²) in [5, 5.41) is 12.5. The fourth-order valence-electron chi connectivity index (χ4n) is 2.55. The number of anilines is 2. The third-order valence-corrected chi connectivity index (χ3v) is 3.99. The number of pyridine rings is 1. The first kappa shape index (κ1) is 19.2. The molecule has 3 N–H and O–H groups in total. The molecule has 144 valence electrons. The van der Waals surface area contributed by atoms with Crippen LogP contribution >= 0.6 is 0 Å². The van der Waals surface area contributed by atoms with E-state index in [2.05, 4.69) is 30.8 Å². The van der Waals surface area contributed by atoms with Gasteiger partial charge >= 0.3 is 0 Å². The first-order valence-corrected chi connectivity index (χ1v) is 9.15. The summed E-state index contributed by atoms with van der Waals surface area (Å²) in [6, 6.07) is 10.7. The monoisotopic (exact) mass is 378 g/mol. The highest BCUT2D eigenvalue weighted by molar-refractivity contribution is 5.93. The maximum atomic E-state index is 12.2. The van der Waals surface area contributed by atoms with Gasteiger partial charge in [0.25, 0.3) is 0 Å². The smallest absolute Gasteiger partial charge is 0.232 e. The van der Waals surface area contributed by atoms with Gasteiger partial charge in [-0.1, -0.05) is 13.3 Å². The minimum absolute atomic E-state index is 0.00613. The Bertz CT molecular complexity index is 921. The van der Waals surface area contributed by atoms with Gasteiger partial charge in [0.2, 0.25) is 11.8 Å². The number of rotatable bonds is 8. The van der Waals surface area contributed by atoms with Gasteiger partial charge in [-0.2, -0.15) is 5.10 Å². The van der Waals surface area contributed by atoms with Gasteiger partial charge in [0.1, 0.15) is 5.82 Å². The van der Waals surface area contributed by atoms with Crippen molar-refractivity contribution in [2.24, 2.45) is 0 Å². The molecular weight excluding hydrogens is 356 g/mol. The maximum Gasteiger partial charge on any atom is 0.232 e. The molecule has 0 saturated carbocycles. The molecule has 28 heavy (non-hydrogen) atoms. The second-order valence-electron chi connectivity index (χ2n) is 6.30. The van der Waals surface area contributed by atoms with Crippen LogP contribution in [0.1, 0.15) is 32.0 Å². The fourth-order valence-corrected chi connectivity index (χ4v) is 2.55. The lowest BCUT2D eigenvalue weighted by atomic mass is 10.2. The molecule has 0 atom stereocenters. The molecule has 0 fully saturated rings. The van der Waals surface area contributed by atoms with E-state index in [1.165, 1.54) is 0 Å². The standard InChI is InChI=1S/C20H22N6O2/c1-2-3-6-18(27)22-15-7-9-16(10-8-15)23-19(28)12-17-24-20(26-25-17)14-5-4-11-21-13-14/h4-5,7-11,13H,2-3,6,12H2,1H3,(H,22,27)(H,23,28)(H,24,25,26). The molecule has 3 aromatic rings. The zero-order valence-corrected chi connectivity index (χ0v) is 15.6. The van der Waals surface area contributed by atoms with E-state index in [9.17, 15) is 9.59 Å². The van der Waals surface area contributed by atoms with Crippen molar-refractivity contribution in [3.63, 3.8) is 0 Å². The summed E-state index contributed by atoms with van der Waals surface area (Å²) < 4.78 is 0. The van der Waals surface area contributed by atoms with Crippen LogP contribution in [0.5, 0.6) is 0 Å². The summed E-state index contributed by atoms with van der Waals surface area (Å²) in [5.74, 6) is 0.747. The van der Waals surface area contributed by atoms with Crippen molar-refractivity contribution < 1.29 is 9.59 Å². The van der Waals surface area contributed by atoms with Gasteiger partial charge in [-0.3, -0.25) is 19.7 Å². The lowest BCUT2D eigenvalue weighted by Gasteiger charge is -2.07. The van der Waals surface area contributed by atoms with Crippen molar-refractivity contribution in [3.8, 4) is 11.4 Å². The van der Waals surface area contributed by atoms with Crippen LogP contribution in [0.15, 0.2) is 48.8 Å². The van der Waals surface area contributed by atoms with E-state index in [0.717, 1.165) is 18.4 Å². The van der Waals surface area contributed by atoms with Gasteiger partial charge in [0.15, 0.2) is 5.82 Å². The quantitative estimate of drug-likeness (QED) is 0.557. The van der Waals surface area contributed by atoms with Gasteiger partial charge < -0.3 is 10.6 Å². The molecule has 3 rings (SSSR count). The van der Waals surface area contributed by atoms with Crippen LogP contribution in [-0.4, -0.2) is 32.0 Å². The van der Waals surface area contributed by atoms with Crippen LogP contribution in [0, 0.1) is 0 Å². The topological polar surface area (TPSA) is 113 Å². The van der Waals surface area contributed by atoms with E-state index in [1.807, 2.05) is 13.0 Å². The molecule has 2 aromatic heterocycles. The van der Waals surface area contributed by atoms with Crippen LogP contribution in [0.2, 0.25) is 0 Å². The Morgan fingerprint density at radius 2 is 1.75 bits per heavy atom. The number of nitrogens with one attached hydrogen (secondary N) is 3. The van der Waals surface area contributed by atoms with Crippen molar-refractivity contribution in [2.45, 2.75) is 32.6 Å². The number of carbonyl (C=O) groups excluding carboxylic acids is 2. The number of aromatic amines is 1. The van der Waals surface area contributed by atoms with Crippen LogP contribution in [-0.2, 0) is 16.0 Å². The van der Waals surface area contributed by atoms with Gasteiger partial charge in [0, 0.05) is 35.8 Å². The average molecular weight is 378 g/mol. The second-order valence-corrected chi connectivity index (χ2v) is 6.30. The molecule has 0 aliphatic heterocycles. The second kappa shape index (κ2) is 9.40. The largest absolute Gasteiger partial charge is 0.326 e. The number of unbranched alkanes of at least 4 members (excludes halogenated alkanes) is 1. The molecular formula is C20H22N6O2. The van der Waals surface area contributed by atoms with Crippen molar-refractivity contribution in [1.29, 1.82) is 0 Å². The molecule has 1 aromatic carbocycles. The zero-order chi connectivity index (χ0) is 19.8. The SMILES string of the molecule is CCCCC(=O)Nc1ccc(NC(=O)Cc2nc(-c3cccnc3)n[nH]2)cc1. The first-order chi connectivity index (χ1) is 13.6. The fraction of sp³-hybridized carbons (Fsp3) is 0.250. The highest BCUT2D eigenvalue weighted by atomic mass is 16.2. The number of aromatic nitrogens is 4. The summed E-state index contributed by atoms with van der Waals surface area (Å²) in [6.07, 6.45) is 5.76. The summed E-state index contributed by atoms with van der Waals surface area (Å²) in [7, 11) is 0. The molecule has 0 saturated heterocycles. The minimum Gasteiger partial charge on any atom is -0.326 e. The zero-order valence-electron chi connectivity index (χ0n) is 15.6. The normalized spacial score (nSPS) is 10.5. The Kier molecular flexibility index (Phi) is 6.46. The number of H-pyrrole nitrogens is 1. The predicted molar refractivity (Wildman–Crippen MR) is 107 cm³/mol. The highest BCUT2D eigenvalue weighted by Gasteiger charge is 2.10. The lowest BCUT2D eigenvalue weighted by Crippen LogP contribution is -2.15.